The quantitative estimate of drug-likeness (QED) is 0.396. The van der Waals surface area contributed by atoms with Crippen molar-refractivity contribution in [3.63, 3.8) is 0 Å². The SMILES string of the molecule is Cn1ncc(Br)c1-c1cc(NC(=O)Nc2ccc(F)cc2F)ccc1OCCC1CCCN1. The lowest BCUT2D eigenvalue weighted by Crippen LogP contribution is -2.23. The molecule has 2 aromatic carbocycles. The van der Waals surface area contributed by atoms with E-state index in [-0.39, 0.29) is 5.69 Å². The molecule has 1 atom stereocenters. The van der Waals surface area contributed by atoms with Crippen molar-refractivity contribution in [3.05, 3.63) is 58.7 Å². The first kappa shape index (κ1) is 23.2. The lowest BCUT2D eigenvalue weighted by atomic mass is 10.1. The van der Waals surface area contributed by atoms with Crippen LogP contribution < -0.4 is 20.7 Å². The Balaban J connectivity index is 1.52. The number of anilines is 2. The first-order valence-electron chi connectivity index (χ1n) is 10.6. The van der Waals surface area contributed by atoms with Crippen molar-refractivity contribution in [2.45, 2.75) is 25.3 Å². The molecular weight excluding hydrogens is 496 g/mol. The number of urea groups is 1. The van der Waals surface area contributed by atoms with Gasteiger partial charge in [-0.2, -0.15) is 5.10 Å². The number of rotatable bonds is 7. The number of nitrogens with one attached hydrogen (secondary N) is 3. The van der Waals surface area contributed by atoms with Gasteiger partial charge in [-0.3, -0.25) is 4.68 Å². The van der Waals surface area contributed by atoms with Crippen LogP contribution in [0.2, 0.25) is 0 Å². The Morgan fingerprint density at radius 2 is 2.12 bits per heavy atom. The maximum atomic E-state index is 13.9. The molecule has 1 aliphatic rings. The van der Waals surface area contributed by atoms with E-state index in [9.17, 15) is 13.6 Å². The molecule has 1 aliphatic heterocycles. The Kier molecular flexibility index (Phi) is 7.24. The highest BCUT2D eigenvalue weighted by Crippen LogP contribution is 2.37. The zero-order valence-corrected chi connectivity index (χ0v) is 19.6. The highest BCUT2D eigenvalue weighted by atomic mass is 79.9. The molecule has 4 rings (SSSR count). The van der Waals surface area contributed by atoms with Crippen molar-refractivity contribution in [1.82, 2.24) is 15.1 Å². The summed E-state index contributed by atoms with van der Waals surface area (Å²) in [6.07, 6.45) is 4.92. The normalized spacial score (nSPS) is 15.5. The number of carbonyl (C=O) groups is 1. The average molecular weight is 520 g/mol. The van der Waals surface area contributed by atoms with Gasteiger partial charge in [-0.15, -0.1) is 0 Å². The topological polar surface area (TPSA) is 80.2 Å². The van der Waals surface area contributed by atoms with Gasteiger partial charge in [0.1, 0.15) is 17.4 Å². The number of nitrogens with zero attached hydrogens (tertiary/aromatic N) is 2. The summed E-state index contributed by atoms with van der Waals surface area (Å²) in [5.41, 5.74) is 1.89. The molecule has 0 aliphatic carbocycles. The molecule has 0 radical (unpaired) electrons. The second-order valence-corrected chi connectivity index (χ2v) is 8.66. The highest BCUT2D eigenvalue weighted by Gasteiger charge is 2.18. The Morgan fingerprint density at radius 3 is 2.82 bits per heavy atom. The van der Waals surface area contributed by atoms with Gasteiger partial charge in [-0.05, 0) is 72.1 Å². The molecule has 174 valence electrons. The standard InChI is InChI=1S/C23H24BrF2N5O2/c1-31-22(18(24)13-28-31)17-12-16(5-7-21(17)33-10-8-15-3-2-9-27-15)29-23(32)30-20-6-4-14(25)11-19(20)26/h4-7,11-13,15,27H,2-3,8-10H2,1H3,(H2,29,30,32). The van der Waals surface area contributed by atoms with E-state index in [4.69, 9.17) is 4.74 Å². The molecule has 2 amide bonds. The van der Waals surface area contributed by atoms with Crippen LogP contribution in [0.3, 0.4) is 0 Å². The van der Waals surface area contributed by atoms with Crippen LogP contribution >= 0.6 is 15.9 Å². The molecular formula is C23H24BrF2N5O2. The Labute approximate surface area is 198 Å². The molecule has 3 N–H and O–H groups in total. The summed E-state index contributed by atoms with van der Waals surface area (Å²) in [6.45, 7) is 1.60. The molecule has 1 aromatic heterocycles. The van der Waals surface area contributed by atoms with E-state index in [0.29, 0.717) is 30.2 Å². The van der Waals surface area contributed by atoms with Gasteiger partial charge in [-0.1, -0.05) is 0 Å². The van der Waals surface area contributed by atoms with Crippen LogP contribution in [0, 0.1) is 11.6 Å². The monoisotopic (exact) mass is 519 g/mol. The molecule has 1 saturated heterocycles. The van der Waals surface area contributed by atoms with Crippen LogP contribution in [0.1, 0.15) is 19.3 Å². The highest BCUT2D eigenvalue weighted by molar-refractivity contribution is 9.10. The Bertz CT molecular complexity index is 1130. The first-order valence-corrected chi connectivity index (χ1v) is 11.4. The molecule has 1 unspecified atom stereocenters. The molecule has 33 heavy (non-hydrogen) atoms. The molecule has 1 fully saturated rings. The molecule has 10 heteroatoms. The number of ether oxygens (including phenoxy) is 1. The van der Waals surface area contributed by atoms with E-state index in [1.165, 1.54) is 12.5 Å². The van der Waals surface area contributed by atoms with Crippen LogP contribution in [0.5, 0.6) is 5.75 Å². The molecule has 0 saturated carbocycles. The van der Waals surface area contributed by atoms with Crippen molar-refractivity contribution in [1.29, 1.82) is 0 Å². The van der Waals surface area contributed by atoms with Crippen LogP contribution in [0.15, 0.2) is 47.1 Å². The summed E-state index contributed by atoms with van der Waals surface area (Å²) >= 11 is 3.52. The number of aryl methyl sites for hydroxylation is 1. The maximum absolute atomic E-state index is 13.9. The summed E-state index contributed by atoms with van der Waals surface area (Å²) in [4.78, 5) is 12.4. The molecule has 0 bridgehead atoms. The van der Waals surface area contributed by atoms with Gasteiger partial charge in [0.2, 0.25) is 0 Å². The minimum absolute atomic E-state index is 0.121. The molecule has 3 aromatic rings. The smallest absolute Gasteiger partial charge is 0.323 e. The van der Waals surface area contributed by atoms with Crippen molar-refractivity contribution in [3.8, 4) is 17.0 Å². The zero-order valence-electron chi connectivity index (χ0n) is 18.0. The van der Waals surface area contributed by atoms with E-state index in [1.54, 1.807) is 29.1 Å². The minimum Gasteiger partial charge on any atom is -0.493 e. The van der Waals surface area contributed by atoms with E-state index in [1.807, 2.05) is 7.05 Å². The second kappa shape index (κ2) is 10.3. The fraction of sp³-hybridized carbons (Fsp3) is 0.304. The Morgan fingerprint density at radius 1 is 1.27 bits per heavy atom. The van der Waals surface area contributed by atoms with Gasteiger partial charge in [0.25, 0.3) is 0 Å². The van der Waals surface area contributed by atoms with Gasteiger partial charge >= 0.3 is 6.03 Å². The predicted octanol–water partition coefficient (Wildman–Crippen LogP) is 5.29. The number of hydrogen-bond acceptors (Lipinski definition) is 4. The van der Waals surface area contributed by atoms with Crippen LogP contribution in [0.4, 0.5) is 25.0 Å². The van der Waals surface area contributed by atoms with Gasteiger partial charge in [0.05, 0.1) is 28.7 Å². The van der Waals surface area contributed by atoms with E-state index in [0.717, 1.165) is 41.2 Å². The lowest BCUT2D eigenvalue weighted by molar-refractivity contribution is 0.262. The zero-order chi connectivity index (χ0) is 23.4. The van der Waals surface area contributed by atoms with Crippen molar-refractivity contribution in [2.24, 2.45) is 7.05 Å². The molecule has 0 spiro atoms. The van der Waals surface area contributed by atoms with Crippen molar-refractivity contribution in [2.75, 3.05) is 23.8 Å². The number of carbonyl (C=O) groups excluding carboxylic acids is 1. The maximum Gasteiger partial charge on any atom is 0.323 e. The number of benzene rings is 2. The fourth-order valence-electron chi connectivity index (χ4n) is 3.82. The van der Waals surface area contributed by atoms with E-state index in [2.05, 4.69) is 37.0 Å². The minimum atomic E-state index is -0.856. The van der Waals surface area contributed by atoms with E-state index >= 15 is 0 Å². The van der Waals surface area contributed by atoms with Gasteiger partial charge in [0, 0.05) is 30.4 Å². The largest absolute Gasteiger partial charge is 0.493 e. The number of hydrogen-bond donors (Lipinski definition) is 3. The Hall–Kier alpha value is -2.98. The third-order valence-electron chi connectivity index (χ3n) is 5.45. The van der Waals surface area contributed by atoms with Gasteiger partial charge < -0.3 is 20.7 Å². The summed E-state index contributed by atoms with van der Waals surface area (Å²) in [6, 6.07) is 8.02. The van der Waals surface area contributed by atoms with Crippen LogP contribution in [0.25, 0.3) is 11.3 Å². The number of amides is 2. The predicted molar refractivity (Wildman–Crippen MR) is 126 cm³/mol. The summed E-state index contributed by atoms with van der Waals surface area (Å²) < 4.78 is 35.5. The second-order valence-electron chi connectivity index (χ2n) is 7.81. The summed E-state index contributed by atoms with van der Waals surface area (Å²) in [5.74, 6) is -0.915. The number of halogens is 3. The van der Waals surface area contributed by atoms with Crippen LogP contribution in [-0.2, 0) is 7.05 Å². The molecule has 2 heterocycles. The van der Waals surface area contributed by atoms with E-state index < -0.39 is 17.7 Å². The number of aromatic nitrogens is 2. The average Bonchev–Trinajstić information content (AvgIpc) is 3.41. The first-order chi connectivity index (χ1) is 15.9. The summed E-state index contributed by atoms with van der Waals surface area (Å²) in [7, 11) is 1.82. The molecule has 7 nitrogen and oxygen atoms in total. The lowest BCUT2D eigenvalue weighted by Gasteiger charge is -2.16. The van der Waals surface area contributed by atoms with Crippen molar-refractivity contribution < 1.29 is 18.3 Å². The third kappa shape index (κ3) is 5.69. The summed E-state index contributed by atoms with van der Waals surface area (Å²) in [5, 5.41) is 12.8. The van der Waals surface area contributed by atoms with Crippen LogP contribution in [-0.4, -0.2) is 35.0 Å². The fourth-order valence-corrected chi connectivity index (χ4v) is 4.38. The third-order valence-corrected chi connectivity index (χ3v) is 6.03. The van der Waals surface area contributed by atoms with Gasteiger partial charge in [0.15, 0.2) is 0 Å². The van der Waals surface area contributed by atoms with Crippen molar-refractivity contribution >= 4 is 33.3 Å². The van der Waals surface area contributed by atoms with Gasteiger partial charge in [-0.25, -0.2) is 13.6 Å².